The van der Waals surface area contributed by atoms with Crippen molar-refractivity contribution in [3.8, 4) is 0 Å². The molecule has 0 bridgehead atoms. The van der Waals surface area contributed by atoms with Crippen LogP contribution in [0.25, 0.3) is 0 Å². The van der Waals surface area contributed by atoms with E-state index in [4.69, 9.17) is 0 Å². The second-order valence-electron chi connectivity index (χ2n) is 2.78. The van der Waals surface area contributed by atoms with Crippen LogP contribution in [0.15, 0.2) is 24.3 Å². The van der Waals surface area contributed by atoms with Crippen LogP contribution in [-0.2, 0) is 6.42 Å². The molecule has 0 aliphatic heterocycles. The predicted molar refractivity (Wildman–Crippen MR) is 53.3 cm³/mol. The largest absolute Gasteiger partial charge is 0.0928 e. The minimum absolute atomic E-state index is 1.10. The summed E-state index contributed by atoms with van der Waals surface area (Å²) in [6, 6.07) is 8.75. The number of aryl methyl sites for hydroxylation is 2. The highest BCUT2D eigenvalue weighted by Crippen LogP contribution is 2.06. The zero-order valence-corrected chi connectivity index (χ0v) is 8.39. The van der Waals surface area contributed by atoms with Crippen molar-refractivity contribution in [2.45, 2.75) is 19.8 Å². The highest BCUT2D eigenvalue weighted by atomic mass is 79.9. The van der Waals surface area contributed by atoms with Gasteiger partial charge in [0.15, 0.2) is 0 Å². The fourth-order valence-corrected chi connectivity index (χ4v) is 1.31. The summed E-state index contributed by atoms with van der Waals surface area (Å²) in [5.74, 6) is 0. The van der Waals surface area contributed by atoms with Crippen molar-refractivity contribution in [1.82, 2.24) is 0 Å². The van der Waals surface area contributed by atoms with Gasteiger partial charge in [-0.3, -0.25) is 0 Å². The standard InChI is InChI=1S/C10H13Br/c1-9-4-6-10(7-5-9)3-2-8-11/h4-7H,2-3,8H2,1H3. The topological polar surface area (TPSA) is 0 Å². The van der Waals surface area contributed by atoms with Crippen LogP contribution in [0.5, 0.6) is 0 Å². The molecule has 0 saturated carbocycles. The molecule has 60 valence electrons. The molecule has 0 nitrogen and oxygen atoms in total. The highest BCUT2D eigenvalue weighted by molar-refractivity contribution is 9.09. The van der Waals surface area contributed by atoms with E-state index in [0.717, 1.165) is 5.33 Å². The quantitative estimate of drug-likeness (QED) is 0.675. The van der Waals surface area contributed by atoms with Crippen molar-refractivity contribution < 1.29 is 0 Å². The lowest BCUT2D eigenvalue weighted by Gasteiger charge is -1.98. The van der Waals surface area contributed by atoms with E-state index in [2.05, 4.69) is 47.1 Å². The Bertz CT molecular complexity index is 201. The number of hydrogen-bond acceptors (Lipinski definition) is 0. The average Bonchev–Trinajstić information content (AvgIpc) is 2.04. The Labute approximate surface area is 76.8 Å². The van der Waals surface area contributed by atoms with Gasteiger partial charge in [-0.15, -0.1) is 0 Å². The van der Waals surface area contributed by atoms with Gasteiger partial charge < -0.3 is 0 Å². The van der Waals surface area contributed by atoms with Crippen LogP contribution in [0, 0.1) is 6.92 Å². The van der Waals surface area contributed by atoms with Crippen molar-refractivity contribution in [3.63, 3.8) is 0 Å². The Morgan fingerprint density at radius 2 is 1.82 bits per heavy atom. The zero-order chi connectivity index (χ0) is 8.10. The third-order valence-electron chi connectivity index (χ3n) is 1.72. The van der Waals surface area contributed by atoms with Gasteiger partial charge in [-0.25, -0.2) is 0 Å². The fourth-order valence-electron chi connectivity index (χ4n) is 1.03. The molecular formula is C10H13Br. The Morgan fingerprint density at radius 3 is 2.36 bits per heavy atom. The first-order valence-electron chi connectivity index (χ1n) is 3.94. The van der Waals surface area contributed by atoms with Gasteiger partial charge in [-0.2, -0.15) is 0 Å². The lowest BCUT2D eigenvalue weighted by Crippen LogP contribution is -1.85. The Balaban J connectivity index is 2.52. The van der Waals surface area contributed by atoms with Crippen molar-refractivity contribution in [1.29, 1.82) is 0 Å². The molecular weight excluding hydrogens is 200 g/mol. The van der Waals surface area contributed by atoms with E-state index in [-0.39, 0.29) is 0 Å². The molecule has 0 spiro atoms. The zero-order valence-electron chi connectivity index (χ0n) is 6.81. The summed E-state index contributed by atoms with van der Waals surface area (Å²) in [6.07, 6.45) is 2.41. The molecule has 0 fully saturated rings. The van der Waals surface area contributed by atoms with Gasteiger partial charge >= 0.3 is 0 Å². The fraction of sp³-hybridized carbons (Fsp3) is 0.400. The molecule has 11 heavy (non-hydrogen) atoms. The first-order valence-corrected chi connectivity index (χ1v) is 5.06. The Hall–Kier alpha value is -0.300. The molecule has 0 aromatic heterocycles. The second kappa shape index (κ2) is 4.55. The van der Waals surface area contributed by atoms with Gasteiger partial charge in [0, 0.05) is 5.33 Å². The van der Waals surface area contributed by atoms with Gasteiger partial charge in [0.1, 0.15) is 0 Å². The number of benzene rings is 1. The SMILES string of the molecule is Cc1ccc(CCCBr)cc1. The molecule has 1 aromatic rings. The second-order valence-corrected chi connectivity index (χ2v) is 3.57. The summed E-state index contributed by atoms with van der Waals surface area (Å²) in [6.45, 7) is 2.12. The van der Waals surface area contributed by atoms with E-state index in [1.807, 2.05) is 0 Å². The van der Waals surface area contributed by atoms with E-state index < -0.39 is 0 Å². The molecule has 1 heteroatoms. The molecule has 0 radical (unpaired) electrons. The first-order chi connectivity index (χ1) is 5.33. The minimum Gasteiger partial charge on any atom is -0.0928 e. The number of hydrogen-bond donors (Lipinski definition) is 0. The van der Waals surface area contributed by atoms with Gasteiger partial charge in [0.2, 0.25) is 0 Å². The summed E-state index contributed by atoms with van der Waals surface area (Å²) in [4.78, 5) is 0. The van der Waals surface area contributed by atoms with Crippen molar-refractivity contribution in [2.75, 3.05) is 5.33 Å². The molecule has 1 aromatic carbocycles. The number of alkyl halides is 1. The molecule has 0 unspecified atom stereocenters. The van der Waals surface area contributed by atoms with Crippen molar-refractivity contribution in [2.24, 2.45) is 0 Å². The van der Waals surface area contributed by atoms with Gasteiger partial charge in [-0.1, -0.05) is 45.8 Å². The van der Waals surface area contributed by atoms with Crippen LogP contribution in [-0.4, -0.2) is 5.33 Å². The van der Waals surface area contributed by atoms with Crippen LogP contribution < -0.4 is 0 Å². The van der Waals surface area contributed by atoms with Crippen LogP contribution >= 0.6 is 15.9 Å². The van der Waals surface area contributed by atoms with Crippen molar-refractivity contribution in [3.05, 3.63) is 35.4 Å². The summed E-state index contributed by atoms with van der Waals surface area (Å²) in [5, 5.41) is 1.10. The number of rotatable bonds is 3. The summed E-state index contributed by atoms with van der Waals surface area (Å²) < 4.78 is 0. The third-order valence-corrected chi connectivity index (χ3v) is 2.28. The highest BCUT2D eigenvalue weighted by Gasteiger charge is 1.90. The molecule has 0 saturated heterocycles. The first kappa shape index (κ1) is 8.79. The lowest BCUT2D eigenvalue weighted by molar-refractivity contribution is 0.939. The molecule has 0 atom stereocenters. The maximum absolute atomic E-state index is 3.42. The van der Waals surface area contributed by atoms with E-state index in [1.165, 1.54) is 24.0 Å². The minimum atomic E-state index is 1.10. The van der Waals surface area contributed by atoms with E-state index in [0.29, 0.717) is 0 Å². The average molecular weight is 213 g/mol. The summed E-state index contributed by atoms with van der Waals surface area (Å²) in [7, 11) is 0. The maximum atomic E-state index is 3.42. The molecule has 0 N–H and O–H groups in total. The molecule has 1 rings (SSSR count). The van der Waals surface area contributed by atoms with Crippen LogP contribution in [0.4, 0.5) is 0 Å². The Kier molecular flexibility index (Phi) is 3.64. The van der Waals surface area contributed by atoms with Gasteiger partial charge in [0.25, 0.3) is 0 Å². The van der Waals surface area contributed by atoms with Gasteiger partial charge in [-0.05, 0) is 25.3 Å². The number of halogens is 1. The van der Waals surface area contributed by atoms with Crippen LogP contribution in [0.3, 0.4) is 0 Å². The van der Waals surface area contributed by atoms with Gasteiger partial charge in [0.05, 0.1) is 0 Å². The van der Waals surface area contributed by atoms with E-state index in [1.54, 1.807) is 0 Å². The smallest absolute Gasteiger partial charge is 0.00344 e. The van der Waals surface area contributed by atoms with E-state index in [9.17, 15) is 0 Å². The summed E-state index contributed by atoms with van der Waals surface area (Å²) in [5.41, 5.74) is 2.78. The molecule has 0 amide bonds. The maximum Gasteiger partial charge on any atom is 0.00344 e. The summed E-state index contributed by atoms with van der Waals surface area (Å²) >= 11 is 3.42. The van der Waals surface area contributed by atoms with Crippen LogP contribution in [0.1, 0.15) is 17.5 Å². The monoisotopic (exact) mass is 212 g/mol. The lowest BCUT2D eigenvalue weighted by atomic mass is 10.1. The van der Waals surface area contributed by atoms with E-state index >= 15 is 0 Å². The molecule has 0 aliphatic rings. The van der Waals surface area contributed by atoms with Crippen LogP contribution in [0.2, 0.25) is 0 Å². The third kappa shape index (κ3) is 3.06. The normalized spacial score (nSPS) is 10.0. The Morgan fingerprint density at radius 1 is 1.18 bits per heavy atom. The molecule has 0 heterocycles. The molecule has 0 aliphatic carbocycles. The predicted octanol–water partition coefficient (Wildman–Crippen LogP) is 3.32. The van der Waals surface area contributed by atoms with Crippen molar-refractivity contribution >= 4 is 15.9 Å².